The van der Waals surface area contributed by atoms with Crippen LogP contribution in [0.4, 0.5) is 0 Å². The van der Waals surface area contributed by atoms with Gasteiger partial charge in [0.1, 0.15) is 5.69 Å². The van der Waals surface area contributed by atoms with Gasteiger partial charge >= 0.3 is 0 Å². The van der Waals surface area contributed by atoms with Crippen LogP contribution in [0.3, 0.4) is 0 Å². The van der Waals surface area contributed by atoms with E-state index in [0.717, 1.165) is 16.3 Å². The minimum Gasteiger partial charge on any atom is -0.380 e. The second kappa shape index (κ2) is 6.53. The number of hydrogen-bond acceptors (Lipinski definition) is 3. The number of nitrogens with two attached hydrogens (primary N) is 1. The van der Waals surface area contributed by atoms with Gasteiger partial charge in [0.15, 0.2) is 5.84 Å². The molecule has 0 aliphatic rings. The first kappa shape index (κ1) is 15.0. The third kappa shape index (κ3) is 2.97. The van der Waals surface area contributed by atoms with Crippen LogP contribution in [0.5, 0.6) is 0 Å². The van der Waals surface area contributed by atoms with Crippen molar-refractivity contribution in [1.82, 2.24) is 4.98 Å². The van der Waals surface area contributed by atoms with Crippen molar-refractivity contribution < 1.29 is 0 Å². The first-order chi connectivity index (χ1) is 12.3. The van der Waals surface area contributed by atoms with E-state index < -0.39 is 0 Å². The fourth-order valence-corrected chi connectivity index (χ4v) is 2.90. The monoisotopic (exact) mass is 324 g/mol. The van der Waals surface area contributed by atoms with Gasteiger partial charge in [-0.05, 0) is 39.7 Å². The van der Waals surface area contributed by atoms with Gasteiger partial charge in [0.2, 0.25) is 0 Å². The molecule has 0 amide bonds. The molecule has 1 heterocycles. The number of amidine groups is 1. The highest BCUT2D eigenvalue weighted by molar-refractivity contribution is 6.13. The third-order valence-electron chi connectivity index (χ3n) is 4.09. The lowest BCUT2D eigenvalue weighted by molar-refractivity contribution is 1.20. The lowest BCUT2D eigenvalue weighted by Crippen LogP contribution is -2.14. The molecular formula is C21H16N4. The molecule has 0 aliphatic heterocycles. The van der Waals surface area contributed by atoms with Crippen LogP contribution in [0, 0.1) is 0 Å². The summed E-state index contributed by atoms with van der Waals surface area (Å²) in [5.74, 6) is 0.293. The molecule has 4 nitrogen and oxygen atoms in total. The molecule has 0 radical (unpaired) electrons. The molecule has 0 bridgehead atoms. The van der Waals surface area contributed by atoms with E-state index in [4.69, 9.17) is 5.73 Å². The molecule has 4 aromatic rings. The van der Waals surface area contributed by atoms with Crippen molar-refractivity contribution in [2.75, 3.05) is 0 Å². The van der Waals surface area contributed by atoms with Crippen LogP contribution in [0.25, 0.3) is 21.5 Å². The highest BCUT2D eigenvalue weighted by Crippen LogP contribution is 2.27. The summed E-state index contributed by atoms with van der Waals surface area (Å²) in [6.07, 6.45) is 3.44. The highest BCUT2D eigenvalue weighted by Gasteiger charge is 2.05. The molecule has 0 saturated carbocycles. The quantitative estimate of drug-likeness (QED) is 0.266. The Kier molecular flexibility index (Phi) is 3.92. The molecule has 0 aliphatic carbocycles. The Labute approximate surface area is 145 Å². The standard InChI is InChI=1S/C21H16N4/c22-21(20-11-5-6-12-23-20)25-24-14-19-17-9-3-1-7-15(17)13-16-8-2-4-10-18(16)19/h1-14H,(H2,22,25)/b24-14+. The van der Waals surface area contributed by atoms with Crippen LogP contribution >= 0.6 is 0 Å². The van der Waals surface area contributed by atoms with Crippen molar-refractivity contribution in [1.29, 1.82) is 0 Å². The van der Waals surface area contributed by atoms with Crippen molar-refractivity contribution in [3.05, 3.63) is 90.3 Å². The molecule has 1 aromatic heterocycles. The number of hydrogen-bond donors (Lipinski definition) is 1. The summed E-state index contributed by atoms with van der Waals surface area (Å²) >= 11 is 0. The highest BCUT2D eigenvalue weighted by atomic mass is 15.2. The molecule has 0 spiro atoms. The van der Waals surface area contributed by atoms with Crippen molar-refractivity contribution in [3.8, 4) is 0 Å². The maximum atomic E-state index is 5.96. The SMILES string of the molecule is N/C(=N/N=C/c1c2ccccc2cc2ccccc12)c1ccccn1. The Balaban J connectivity index is 1.82. The number of nitrogens with zero attached hydrogens (tertiary/aromatic N) is 3. The predicted molar refractivity (Wildman–Crippen MR) is 104 cm³/mol. The average molecular weight is 324 g/mol. The molecule has 120 valence electrons. The van der Waals surface area contributed by atoms with E-state index in [1.165, 1.54) is 10.8 Å². The van der Waals surface area contributed by atoms with Gasteiger partial charge in [0.05, 0.1) is 6.21 Å². The van der Waals surface area contributed by atoms with Crippen molar-refractivity contribution in [2.45, 2.75) is 0 Å². The van der Waals surface area contributed by atoms with Crippen LogP contribution in [0.15, 0.2) is 89.2 Å². The summed E-state index contributed by atoms with van der Waals surface area (Å²) < 4.78 is 0. The predicted octanol–water partition coefficient (Wildman–Crippen LogP) is 4.13. The summed E-state index contributed by atoms with van der Waals surface area (Å²) in [7, 11) is 0. The van der Waals surface area contributed by atoms with E-state index in [0.29, 0.717) is 11.5 Å². The second-order valence-electron chi connectivity index (χ2n) is 5.68. The molecular weight excluding hydrogens is 308 g/mol. The zero-order chi connectivity index (χ0) is 17.1. The van der Waals surface area contributed by atoms with E-state index >= 15 is 0 Å². The first-order valence-corrected chi connectivity index (χ1v) is 8.01. The van der Waals surface area contributed by atoms with E-state index in [1.54, 1.807) is 12.4 Å². The van der Waals surface area contributed by atoms with Crippen LogP contribution in [-0.4, -0.2) is 17.0 Å². The smallest absolute Gasteiger partial charge is 0.171 e. The molecule has 0 unspecified atom stereocenters. The van der Waals surface area contributed by atoms with E-state index in [1.807, 2.05) is 42.5 Å². The van der Waals surface area contributed by atoms with Crippen LogP contribution in [0.2, 0.25) is 0 Å². The molecule has 25 heavy (non-hydrogen) atoms. The fraction of sp³-hybridized carbons (Fsp3) is 0. The minimum absolute atomic E-state index is 0.293. The Morgan fingerprint density at radius 3 is 2.12 bits per heavy atom. The maximum absolute atomic E-state index is 5.96. The molecule has 4 heteroatoms. The fourth-order valence-electron chi connectivity index (χ4n) is 2.90. The van der Waals surface area contributed by atoms with E-state index in [9.17, 15) is 0 Å². The van der Waals surface area contributed by atoms with Gasteiger partial charge in [-0.2, -0.15) is 5.10 Å². The van der Waals surface area contributed by atoms with Crippen molar-refractivity contribution >= 4 is 33.6 Å². The lowest BCUT2D eigenvalue weighted by Gasteiger charge is -2.07. The van der Waals surface area contributed by atoms with Crippen molar-refractivity contribution in [3.63, 3.8) is 0 Å². The Hall–Kier alpha value is -3.53. The summed E-state index contributed by atoms with van der Waals surface area (Å²) in [6, 6.07) is 24.2. The number of fused-ring (bicyclic) bond motifs is 2. The van der Waals surface area contributed by atoms with E-state index in [-0.39, 0.29) is 0 Å². The Bertz CT molecular complexity index is 1040. The minimum atomic E-state index is 0.293. The van der Waals surface area contributed by atoms with Crippen LogP contribution in [-0.2, 0) is 0 Å². The van der Waals surface area contributed by atoms with Gasteiger partial charge in [-0.1, -0.05) is 54.6 Å². The van der Waals surface area contributed by atoms with Gasteiger partial charge in [0, 0.05) is 11.8 Å². The number of pyridine rings is 1. The van der Waals surface area contributed by atoms with Gasteiger partial charge in [-0.15, -0.1) is 5.10 Å². The Morgan fingerprint density at radius 1 is 0.840 bits per heavy atom. The molecule has 3 aromatic carbocycles. The number of rotatable bonds is 3. The van der Waals surface area contributed by atoms with Gasteiger partial charge in [0.25, 0.3) is 0 Å². The van der Waals surface area contributed by atoms with Crippen LogP contribution < -0.4 is 5.73 Å². The zero-order valence-electron chi connectivity index (χ0n) is 13.5. The van der Waals surface area contributed by atoms with Gasteiger partial charge in [-0.3, -0.25) is 4.98 Å². The number of aromatic nitrogens is 1. The molecule has 2 N–H and O–H groups in total. The van der Waals surface area contributed by atoms with E-state index in [2.05, 4.69) is 45.5 Å². The molecule has 0 atom stereocenters. The largest absolute Gasteiger partial charge is 0.380 e. The molecule has 0 saturated heterocycles. The van der Waals surface area contributed by atoms with Crippen molar-refractivity contribution in [2.24, 2.45) is 15.9 Å². The summed E-state index contributed by atoms with van der Waals surface area (Å²) in [6.45, 7) is 0. The number of benzene rings is 3. The van der Waals surface area contributed by atoms with Gasteiger partial charge < -0.3 is 5.73 Å². The van der Waals surface area contributed by atoms with Gasteiger partial charge in [-0.25, -0.2) is 0 Å². The molecule has 0 fully saturated rings. The molecule has 4 rings (SSSR count). The second-order valence-corrected chi connectivity index (χ2v) is 5.68. The van der Waals surface area contributed by atoms with Crippen LogP contribution in [0.1, 0.15) is 11.3 Å². The summed E-state index contributed by atoms with van der Waals surface area (Å²) in [5, 5.41) is 12.9. The topological polar surface area (TPSA) is 63.6 Å². The lowest BCUT2D eigenvalue weighted by atomic mass is 9.97. The third-order valence-corrected chi connectivity index (χ3v) is 4.09. The Morgan fingerprint density at radius 2 is 1.48 bits per heavy atom. The zero-order valence-corrected chi connectivity index (χ0v) is 13.5. The summed E-state index contributed by atoms with van der Waals surface area (Å²) in [4.78, 5) is 4.17. The maximum Gasteiger partial charge on any atom is 0.171 e. The summed E-state index contributed by atoms with van der Waals surface area (Å²) in [5.41, 5.74) is 7.61. The first-order valence-electron chi connectivity index (χ1n) is 8.01. The average Bonchev–Trinajstić information content (AvgIpc) is 2.68. The normalized spacial score (nSPS) is 12.2.